The molecule has 0 bridgehead atoms. The fourth-order valence-electron chi connectivity index (χ4n) is 9.77. The topological polar surface area (TPSA) is 162 Å². The van der Waals surface area contributed by atoms with E-state index in [0.29, 0.717) is 13.0 Å². The zero-order valence-corrected chi connectivity index (χ0v) is 38.4. The van der Waals surface area contributed by atoms with Crippen LogP contribution < -0.4 is 16.0 Å². The van der Waals surface area contributed by atoms with Crippen molar-refractivity contribution in [1.29, 1.82) is 0 Å². The maximum Gasteiger partial charge on any atom is 0.253 e. The minimum absolute atomic E-state index is 0.00949. The Bertz CT molecular complexity index is 2130. The molecule has 2 aliphatic carbocycles. The second-order valence-corrected chi connectivity index (χ2v) is 20.7. The number of nitrogens with one attached hydrogen (secondary N) is 3. The zero-order chi connectivity index (χ0) is 45.2. The fourth-order valence-corrected chi connectivity index (χ4v) is 11.6. The number of piperidine rings is 1. The highest BCUT2D eigenvalue weighted by Crippen LogP contribution is 2.43. The number of hydrogen-bond donors (Lipinski definition) is 3. The maximum atomic E-state index is 14.4. The van der Waals surface area contributed by atoms with Gasteiger partial charge in [0.05, 0.1) is 22.0 Å². The van der Waals surface area contributed by atoms with Gasteiger partial charge in [0, 0.05) is 62.1 Å². The van der Waals surface area contributed by atoms with Crippen molar-refractivity contribution >= 4 is 39.4 Å². The molecule has 3 aromatic rings. The van der Waals surface area contributed by atoms with Crippen LogP contribution in [-0.4, -0.2) is 97.3 Å². The molecule has 2 saturated heterocycles. The molecule has 344 valence electrons. The Kier molecular flexibility index (Phi) is 16.0. The third kappa shape index (κ3) is 11.6. The van der Waals surface area contributed by atoms with Crippen molar-refractivity contribution in [2.24, 2.45) is 11.8 Å². The molecular formula is C51H67N5O7S. The molecule has 7 rings (SSSR count). The Morgan fingerprint density at radius 1 is 0.641 bits per heavy atom. The molecule has 3 aromatic carbocycles. The van der Waals surface area contributed by atoms with E-state index in [4.69, 9.17) is 0 Å². The largest absolute Gasteiger partial charge is 0.354 e. The highest BCUT2D eigenvalue weighted by molar-refractivity contribution is 7.92. The standard InChI is InChI=1S/C51H67N5O7S/c1-3-5-7-9-16-25-47(57)56-28-26-39(30-46(56)50(60)52-27-17-8-6-4-2)64(62,63)38-24-18-23-37(29-38)51(61)55-33-42(48(58)53-44-31-40(44)35-19-12-10-13-20-35)43(34-55)49(59)54-45-32-41(45)36-21-14-11-15-22-36/h10-15,18-24,29,39-46H,3-9,16-17,25-28,30-34H2,1-2H3,(H,52,60)(H,53,58)(H,54,59)/t39?,40-,41-,42-,43-,44+,45+,46-/m1/s1. The summed E-state index contributed by atoms with van der Waals surface area (Å²) in [4.78, 5) is 72.6. The van der Waals surface area contributed by atoms with Crippen molar-refractivity contribution in [2.45, 2.75) is 144 Å². The van der Waals surface area contributed by atoms with Crippen molar-refractivity contribution in [1.82, 2.24) is 25.8 Å². The highest BCUT2D eigenvalue weighted by atomic mass is 32.2. The summed E-state index contributed by atoms with van der Waals surface area (Å²) in [5.74, 6) is -2.68. The normalized spacial score (nSPS) is 25.0. The second kappa shape index (κ2) is 21.8. The van der Waals surface area contributed by atoms with Gasteiger partial charge in [-0.3, -0.25) is 24.0 Å². The minimum Gasteiger partial charge on any atom is -0.354 e. The Labute approximate surface area is 379 Å². The number of benzene rings is 3. The van der Waals surface area contributed by atoms with Crippen molar-refractivity contribution in [3.63, 3.8) is 0 Å². The number of amides is 5. The fraction of sp³-hybridized carbons (Fsp3) is 0.549. The second-order valence-electron chi connectivity index (χ2n) is 18.5. The van der Waals surface area contributed by atoms with Crippen LogP contribution >= 0.6 is 0 Å². The Morgan fingerprint density at radius 3 is 1.78 bits per heavy atom. The molecule has 64 heavy (non-hydrogen) atoms. The lowest BCUT2D eigenvalue weighted by molar-refractivity contribution is -0.142. The predicted octanol–water partition coefficient (Wildman–Crippen LogP) is 6.91. The first-order chi connectivity index (χ1) is 31.0. The van der Waals surface area contributed by atoms with Crippen molar-refractivity contribution < 1.29 is 32.4 Å². The van der Waals surface area contributed by atoms with Crippen LogP contribution in [-0.2, 0) is 29.0 Å². The number of likely N-dealkylation sites (tertiary alicyclic amines) is 2. The van der Waals surface area contributed by atoms with E-state index in [-0.39, 0.29) is 90.5 Å². The van der Waals surface area contributed by atoms with Gasteiger partial charge in [-0.2, -0.15) is 0 Å². The van der Waals surface area contributed by atoms with Gasteiger partial charge in [0.25, 0.3) is 5.91 Å². The van der Waals surface area contributed by atoms with Gasteiger partial charge in [-0.25, -0.2) is 8.42 Å². The molecule has 1 unspecified atom stereocenters. The molecule has 0 radical (unpaired) electrons. The molecule has 8 atom stereocenters. The Balaban J connectivity index is 1.04. The van der Waals surface area contributed by atoms with Crippen molar-refractivity contribution in [3.05, 3.63) is 102 Å². The van der Waals surface area contributed by atoms with Crippen LogP contribution in [0, 0.1) is 11.8 Å². The van der Waals surface area contributed by atoms with E-state index in [1.807, 2.05) is 60.7 Å². The third-order valence-corrected chi connectivity index (χ3v) is 16.0. The van der Waals surface area contributed by atoms with Crippen molar-refractivity contribution in [3.8, 4) is 0 Å². The average molecular weight is 894 g/mol. The van der Waals surface area contributed by atoms with Gasteiger partial charge in [-0.05, 0) is 67.9 Å². The molecule has 13 heteroatoms. The highest BCUT2D eigenvalue weighted by Gasteiger charge is 2.49. The number of sulfone groups is 1. The molecule has 2 aliphatic heterocycles. The Hall–Kier alpha value is -5.04. The summed E-state index contributed by atoms with van der Waals surface area (Å²) in [7, 11) is -4.05. The summed E-state index contributed by atoms with van der Waals surface area (Å²) in [5.41, 5.74) is 2.42. The van der Waals surface area contributed by atoms with Gasteiger partial charge in [-0.15, -0.1) is 0 Å². The summed E-state index contributed by atoms with van der Waals surface area (Å²) in [6.07, 6.45) is 10.8. The lowest BCUT2D eigenvalue weighted by atomic mass is 9.94. The first-order valence-corrected chi connectivity index (χ1v) is 25.5. The van der Waals surface area contributed by atoms with Crippen LogP contribution in [0.3, 0.4) is 0 Å². The number of hydrogen-bond acceptors (Lipinski definition) is 7. The molecule has 0 spiro atoms. The van der Waals surface area contributed by atoms with Crippen LogP contribution in [0.1, 0.15) is 137 Å². The van der Waals surface area contributed by atoms with Crippen molar-refractivity contribution in [2.75, 3.05) is 26.2 Å². The van der Waals surface area contributed by atoms with E-state index >= 15 is 0 Å². The number of carbonyl (C=O) groups is 5. The molecule has 4 fully saturated rings. The summed E-state index contributed by atoms with van der Waals surface area (Å²) in [6, 6.07) is 24.9. The van der Waals surface area contributed by atoms with Crippen LogP contribution in [0.15, 0.2) is 89.8 Å². The molecule has 5 amide bonds. The SMILES string of the molecule is CCCCCCCC(=O)N1CCC(S(=O)(=O)c2cccc(C(=O)N3C[C@@H](C(=O)N[C@H]4C[C@@H]4c4ccccc4)[C@H](C(=O)N[C@H]4C[C@@H]4c4ccccc4)C3)c2)C[C@@H]1C(=O)NCCCCCC. The Morgan fingerprint density at radius 2 is 1.20 bits per heavy atom. The minimum atomic E-state index is -4.05. The summed E-state index contributed by atoms with van der Waals surface area (Å²) in [6.45, 7) is 4.87. The van der Waals surface area contributed by atoms with Gasteiger partial charge in [0.2, 0.25) is 23.6 Å². The first-order valence-electron chi connectivity index (χ1n) is 23.9. The summed E-state index contributed by atoms with van der Waals surface area (Å²) in [5, 5.41) is 8.37. The van der Waals surface area contributed by atoms with E-state index in [9.17, 15) is 32.4 Å². The molecule has 0 aromatic heterocycles. The smallest absolute Gasteiger partial charge is 0.253 e. The van der Waals surface area contributed by atoms with E-state index in [0.717, 1.165) is 81.8 Å². The van der Waals surface area contributed by atoms with Crippen LogP contribution in [0.2, 0.25) is 0 Å². The quantitative estimate of drug-likeness (QED) is 0.0980. The van der Waals surface area contributed by atoms with E-state index in [1.165, 1.54) is 23.1 Å². The third-order valence-electron chi connectivity index (χ3n) is 13.8. The van der Waals surface area contributed by atoms with E-state index in [1.54, 1.807) is 11.0 Å². The summed E-state index contributed by atoms with van der Waals surface area (Å²) >= 11 is 0. The van der Waals surface area contributed by atoms with Crippen LogP contribution in [0.4, 0.5) is 0 Å². The molecule has 4 aliphatic rings. The first kappa shape index (κ1) is 46.9. The lowest BCUT2D eigenvalue weighted by Crippen LogP contribution is -2.55. The van der Waals surface area contributed by atoms with E-state index < -0.39 is 38.9 Å². The molecule has 3 N–H and O–H groups in total. The molecule has 12 nitrogen and oxygen atoms in total. The zero-order valence-electron chi connectivity index (χ0n) is 37.6. The van der Waals surface area contributed by atoms with Gasteiger partial charge < -0.3 is 25.8 Å². The predicted molar refractivity (Wildman–Crippen MR) is 247 cm³/mol. The number of nitrogens with zero attached hydrogens (tertiary/aromatic N) is 2. The van der Waals surface area contributed by atoms with Gasteiger partial charge in [-0.1, -0.05) is 126 Å². The van der Waals surface area contributed by atoms with E-state index in [2.05, 4.69) is 29.8 Å². The van der Waals surface area contributed by atoms with Crippen LogP contribution in [0.25, 0.3) is 0 Å². The summed E-state index contributed by atoms with van der Waals surface area (Å²) < 4.78 is 28.8. The average Bonchev–Trinajstić information content (AvgIpc) is 4.23. The van der Waals surface area contributed by atoms with Crippen LogP contribution in [0.5, 0.6) is 0 Å². The van der Waals surface area contributed by atoms with Gasteiger partial charge in [0.1, 0.15) is 6.04 Å². The molecule has 2 heterocycles. The number of unbranched alkanes of at least 4 members (excludes halogenated alkanes) is 7. The van der Waals surface area contributed by atoms with Gasteiger partial charge in [0.15, 0.2) is 9.84 Å². The van der Waals surface area contributed by atoms with Gasteiger partial charge >= 0.3 is 0 Å². The molecular weight excluding hydrogens is 827 g/mol. The maximum absolute atomic E-state index is 14.4. The number of carbonyl (C=O) groups excluding carboxylic acids is 5. The monoisotopic (exact) mass is 893 g/mol. The molecule has 2 saturated carbocycles. The lowest BCUT2D eigenvalue weighted by Gasteiger charge is -2.38. The number of rotatable bonds is 21.